The van der Waals surface area contributed by atoms with Gasteiger partial charge >= 0.3 is 0 Å². The van der Waals surface area contributed by atoms with Gasteiger partial charge in [-0.05, 0) is 48.5 Å². The number of benzene rings is 2. The largest absolute Gasteiger partial charge is 0.354 e. The number of aromatic nitrogens is 3. The van der Waals surface area contributed by atoms with E-state index in [1.165, 1.54) is 32.9 Å². The van der Waals surface area contributed by atoms with Gasteiger partial charge in [0.15, 0.2) is 0 Å². The van der Waals surface area contributed by atoms with Crippen molar-refractivity contribution in [3.63, 3.8) is 0 Å². The number of H-pyrrole nitrogens is 1. The van der Waals surface area contributed by atoms with Crippen LogP contribution in [0.15, 0.2) is 69.9 Å². The number of aromatic amines is 1. The lowest BCUT2D eigenvalue weighted by Gasteiger charge is -1.99. The molecule has 0 saturated carbocycles. The number of nitrogens with one attached hydrogen (secondary N) is 1. The summed E-state index contributed by atoms with van der Waals surface area (Å²) in [7, 11) is 4.18. The Morgan fingerprint density at radius 3 is 1.56 bits per heavy atom. The van der Waals surface area contributed by atoms with Crippen LogP contribution in [-0.4, -0.2) is 14.1 Å². The zero-order chi connectivity index (χ0) is 18.7. The predicted molar refractivity (Wildman–Crippen MR) is 120 cm³/mol. The third-order valence-corrected chi connectivity index (χ3v) is 6.16. The van der Waals surface area contributed by atoms with E-state index >= 15 is 0 Å². The minimum Gasteiger partial charge on any atom is -0.354 e. The first-order chi connectivity index (χ1) is 13.0. The van der Waals surface area contributed by atoms with Gasteiger partial charge in [0, 0.05) is 79.8 Å². The SMILES string of the molecule is Cn1cc(-c2ccc(-c3cn(C)c4ccc(Br)cc34)[nH]2)c2cc(Br)ccc21. The Labute approximate surface area is 173 Å². The van der Waals surface area contributed by atoms with Gasteiger partial charge in [0.1, 0.15) is 0 Å². The van der Waals surface area contributed by atoms with Crippen LogP contribution in [0.4, 0.5) is 0 Å². The van der Waals surface area contributed by atoms with Gasteiger partial charge in [0.2, 0.25) is 0 Å². The number of aryl methyl sites for hydroxylation is 2. The second kappa shape index (κ2) is 6.14. The van der Waals surface area contributed by atoms with Crippen LogP contribution in [0, 0.1) is 0 Å². The van der Waals surface area contributed by atoms with Gasteiger partial charge in [-0.2, -0.15) is 0 Å². The Morgan fingerprint density at radius 2 is 1.11 bits per heavy atom. The number of hydrogen-bond acceptors (Lipinski definition) is 0. The highest BCUT2D eigenvalue weighted by molar-refractivity contribution is 9.10. The third kappa shape index (κ3) is 2.68. The van der Waals surface area contributed by atoms with Crippen molar-refractivity contribution in [3.8, 4) is 22.5 Å². The van der Waals surface area contributed by atoms with Gasteiger partial charge in [-0.3, -0.25) is 0 Å². The number of halogens is 2. The molecule has 0 aliphatic carbocycles. The third-order valence-electron chi connectivity index (χ3n) is 5.17. The molecule has 5 aromatic rings. The van der Waals surface area contributed by atoms with E-state index in [2.05, 4.69) is 121 Å². The maximum Gasteiger partial charge on any atom is 0.0485 e. The first-order valence-electron chi connectivity index (χ1n) is 8.70. The van der Waals surface area contributed by atoms with Crippen molar-refractivity contribution in [2.45, 2.75) is 0 Å². The van der Waals surface area contributed by atoms with Crippen molar-refractivity contribution in [2.24, 2.45) is 14.1 Å². The minimum atomic E-state index is 1.09. The molecule has 0 amide bonds. The molecule has 2 aromatic carbocycles. The van der Waals surface area contributed by atoms with Crippen LogP contribution < -0.4 is 0 Å². The molecule has 0 spiro atoms. The lowest BCUT2D eigenvalue weighted by Crippen LogP contribution is -1.82. The Balaban J connectivity index is 1.68. The van der Waals surface area contributed by atoms with Crippen molar-refractivity contribution >= 4 is 53.7 Å². The molecule has 0 radical (unpaired) electrons. The first-order valence-corrected chi connectivity index (χ1v) is 10.3. The van der Waals surface area contributed by atoms with E-state index in [1.807, 2.05) is 0 Å². The highest BCUT2D eigenvalue weighted by Gasteiger charge is 2.14. The smallest absolute Gasteiger partial charge is 0.0485 e. The fourth-order valence-corrected chi connectivity index (χ4v) is 4.59. The molecule has 0 saturated heterocycles. The van der Waals surface area contributed by atoms with Crippen molar-refractivity contribution in [2.75, 3.05) is 0 Å². The zero-order valence-electron chi connectivity index (χ0n) is 14.9. The van der Waals surface area contributed by atoms with E-state index in [9.17, 15) is 0 Å². The Hall–Kier alpha value is -2.24. The second-order valence-electron chi connectivity index (χ2n) is 6.92. The summed E-state index contributed by atoms with van der Waals surface area (Å²) in [6.07, 6.45) is 4.37. The quantitative estimate of drug-likeness (QED) is 0.284. The second-order valence-corrected chi connectivity index (χ2v) is 8.75. The zero-order valence-corrected chi connectivity index (χ0v) is 18.1. The van der Waals surface area contributed by atoms with Gasteiger partial charge < -0.3 is 14.1 Å². The fraction of sp³-hybridized carbons (Fsp3) is 0.0909. The van der Waals surface area contributed by atoms with E-state index in [1.54, 1.807) is 0 Å². The summed E-state index contributed by atoms with van der Waals surface area (Å²) in [5, 5.41) is 2.47. The van der Waals surface area contributed by atoms with Gasteiger partial charge in [-0.25, -0.2) is 0 Å². The molecule has 27 heavy (non-hydrogen) atoms. The van der Waals surface area contributed by atoms with Crippen LogP contribution in [0.3, 0.4) is 0 Å². The van der Waals surface area contributed by atoms with Crippen LogP contribution in [0.5, 0.6) is 0 Å². The molecular formula is C22H17Br2N3. The normalized spacial score (nSPS) is 11.7. The average molecular weight is 483 g/mol. The van der Waals surface area contributed by atoms with Gasteiger partial charge in [0.05, 0.1) is 0 Å². The lowest BCUT2D eigenvalue weighted by molar-refractivity contribution is 0.969. The molecule has 134 valence electrons. The predicted octanol–water partition coefficient (Wildman–Crippen LogP) is 6.86. The van der Waals surface area contributed by atoms with E-state index in [4.69, 9.17) is 0 Å². The van der Waals surface area contributed by atoms with Crippen molar-refractivity contribution in [3.05, 3.63) is 69.9 Å². The molecule has 3 nitrogen and oxygen atoms in total. The van der Waals surface area contributed by atoms with Gasteiger partial charge in [-0.1, -0.05) is 31.9 Å². The van der Waals surface area contributed by atoms with Crippen LogP contribution in [0.1, 0.15) is 0 Å². The topological polar surface area (TPSA) is 25.6 Å². The molecule has 5 heteroatoms. The summed E-state index contributed by atoms with van der Waals surface area (Å²) < 4.78 is 6.53. The molecule has 0 aliphatic rings. The van der Waals surface area contributed by atoms with Crippen molar-refractivity contribution < 1.29 is 0 Å². The van der Waals surface area contributed by atoms with Crippen LogP contribution in [0.25, 0.3) is 44.3 Å². The molecule has 1 N–H and O–H groups in total. The van der Waals surface area contributed by atoms with Crippen LogP contribution in [0.2, 0.25) is 0 Å². The Kier molecular flexibility index (Phi) is 3.85. The van der Waals surface area contributed by atoms with Crippen molar-refractivity contribution in [1.82, 2.24) is 14.1 Å². The number of hydrogen-bond donors (Lipinski definition) is 1. The fourth-order valence-electron chi connectivity index (χ4n) is 3.87. The number of nitrogens with zero attached hydrogens (tertiary/aromatic N) is 2. The van der Waals surface area contributed by atoms with Crippen molar-refractivity contribution in [1.29, 1.82) is 0 Å². The maximum atomic E-state index is 3.64. The summed E-state index contributed by atoms with van der Waals surface area (Å²) in [6, 6.07) is 17.2. The van der Waals surface area contributed by atoms with E-state index < -0.39 is 0 Å². The Morgan fingerprint density at radius 1 is 0.667 bits per heavy atom. The van der Waals surface area contributed by atoms with Crippen LogP contribution >= 0.6 is 31.9 Å². The van der Waals surface area contributed by atoms with E-state index in [0.29, 0.717) is 0 Å². The molecule has 0 fully saturated rings. The number of rotatable bonds is 2. The lowest BCUT2D eigenvalue weighted by atomic mass is 10.1. The molecule has 3 aromatic heterocycles. The maximum absolute atomic E-state index is 3.64. The van der Waals surface area contributed by atoms with Gasteiger partial charge in [0.25, 0.3) is 0 Å². The Bertz CT molecular complexity index is 1220. The minimum absolute atomic E-state index is 1.09. The first kappa shape index (κ1) is 16.9. The molecule has 0 atom stereocenters. The summed E-state index contributed by atoms with van der Waals surface area (Å²) in [6.45, 7) is 0. The number of fused-ring (bicyclic) bond motifs is 2. The van der Waals surface area contributed by atoms with Gasteiger partial charge in [-0.15, -0.1) is 0 Å². The molecule has 0 unspecified atom stereocenters. The molecular weight excluding hydrogens is 466 g/mol. The molecule has 3 heterocycles. The summed E-state index contributed by atoms with van der Waals surface area (Å²) in [4.78, 5) is 3.64. The molecule has 0 aliphatic heterocycles. The summed E-state index contributed by atoms with van der Waals surface area (Å²) in [5.74, 6) is 0. The summed E-state index contributed by atoms with van der Waals surface area (Å²) >= 11 is 7.20. The summed E-state index contributed by atoms with van der Waals surface area (Å²) in [5.41, 5.74) is 7.11. The van der Waals surface area contributed by atoms with Crippen LogP contribution in [-0.2, 0) is 14.1 Å². The monoisotopic (exact) mass is 481 g/mol. The standard InChI is InChI=1S/C22H17Br2N3/c1-26-11-17(15-9-13(23)3-7-21(15)26)19-5-6-20(25-19)18-12-27(2)22-8-4-14(24)10-16(18)22/h3-12,25H,1-2H3. The van der Waals surface area contributed by atoms with E-state index in [0.717, 1.165) is 20.3 Å². The van der Waals surface area contributed by atoms with E-state index in [-0.39, 0.29) is 0 Å². The average Bonchev–Trinajstić information content (AvgIpc) is 3.32. The highest BCUT2D eigenvalue weighted by Crippen LogP contribution is 2.36. The molecule has 0 bridgehead atoms. The highest BCUT2D eigenvalue weighted by atomic mass is 79.9. The molecule has 5 rings (SSSR count).